The summed E-state index contributed by atoms with van der Waals surface area (Å²) in [5.74, 6) is -1.47. The first-order valence-corrected chi connectivity index (χ1v) is 17.0. The van der Waals surface area contributed by atoms with Crippen molar-refractivity contribution in [3.8, 4) is 0 Å². The molecule has 3 aliphatic rings. The molecule has 6 heterocycles. The number of nitrogens with two attached hydrogens (primary N) is 2. The van der Waals surface area contributed by atoms with Crippen molar-refractivity contribution in [2.24, 2.45) is 15.9 Å². The number of thiophene rings is 1. The van der Waals surface area contributed by atoms with Crippen molar-refractivity contribution in [3.05, 3.63) is 68.9 Å². The number of carboxylic acid groups (broad SMARTS) is 1. The third kappa shape index (κ3) is 5.51. The number of hydrogen-bond acceptors (Lipinski definition) is 11. The van der Waals surface area contributed by atoms with Gasteiger partial charge in [0.1, 0.15) is 48.5 Å². The summed E-state index contributed by atoms with van der Waals surface area (Å²) in [6.07, 6.45) is 7.97. The summed E-state index contributed by atoms with van der Waals surface area (Å²) in [7, 11) is 1.29. The molecule has 1 saturated carbocycles. The summed E-state index contributed by atoms with van der Waals surface area (Å²) < 4.78 is 5.96. The van der Waals surface area contributed by atoms with E-state index in [2.05, 4.69) is 31.1 Å². The van der Waals surface area contributed by atoms with Crippen molar-refractivity contribution in [1.29, 1.82) is 0 Å². The van der Waals surface area contributed by atoms with Gasteiger partial charge in [0.25, 0.3) is 11.8 Å². The Hall–Kier alpha value is -4.68. The maximum absolute atomic E-state index is 13.3. The Bertz CT molecular complexity index is 1970. The molecule has 0 aromatic carbocycles. The lowest BCUT2D eigenvalue weighted by molar-refractivity contribution is -0.661. The first kappa shape index (κ1) is 30.0. The van der Waals surface area contributed by atoms with Crippen LogP contribution in [0.4, 0.5) is 5.13 Å². The largest absolute Gasteiger partial charge is 0.477 e. The first-order valence-electron chi connectivity index (χ1n) is 14.2. The van der Waals surface area contributed by atoms with Gasteiger partial charge in [-0.3, -0.25) is 19.5 Å². The second kappa shape index (κ2) is 11.9. The smallest absolute Gasteiger partial charge is 0.352 e. The molecule has 2 amide bonds. The van der Waals surface area contributed by atoms with Crippen LogP contribution in [0.25, 0.3) is 5.65 Å². The van der Waals surface area contributed by atoms with Crippen LogP contribution in [0.5, 0.6) is 0 Å². The molecule has 2 aliphatic heterocycles. The van der Waals surface area contributed by atoms with Gasteiger partial charge in [-0.15, -0.1) is 39.0 Å². The average Bonchev–Trinajstić information content (AvgIpc) is 3.39. The maximum Gasteiger partial charge on any atom is 0.352 e. The highest BCUT2D eigenvalue weighted by Gasteiger charge is 2.54. The van der Waals surface area contributed by atoms with Crippen LogP contribution in [-0.4, -0.2) is 83.8 Å². The Labute approximate surface area is 273 Å². The number of thiazole rings is 1. The lowest BCUT2D eigenvalue weighted by atomic mass is 10.0. The average molecular weight is 682 g/mol. The minimum absolute atomic E-state index is 0.0734. The minimum Gasteiger partial charge on any atom is -0.477 e. The highest BCUT2D eigenvalue weighted by Crippen LogP contribution is 2.41. The predicted molar refractivity (Wildman–Crippen MR) is 173 cm³/mol. The van der Waals surface area contributed by atoms with Gasteiger partial charge in [0.15, 0.2) is 17.0 Å². The van der Waals surface area contributed by atoms with Gasteiger partial charge >= 0.3 is 11.6 Å². The summed E-state index contributed by atoms with van der Waals surface area (Å²) in [6, 6.07) is 3.45. The molecule has 1 saturated heterocycles. The van der Waals surface area contributed by atoms with Gasteiger partial charge < -0.3 is 26.7 Å². The van der Waals surface area contributed by atoms with Gasteiger partial charge in [-0.1, -0.05) is 5.16 Å². The van der Waals surface area contributed by atoms with Crippen LogP contribution >= 0.6 is 34.4 Å². The van der Waals surface area contributed by atoms with Gasteiger partial charge in [0.2, 0.25) is 0 Å². The number of carbonyl (C=O) groups is 3. The molecule has 238 valence electrons. The van der Waals surface area contributed by atoms with E-state index >= 15 is 0 Å². The number of aliphatic imine (C=N–C) groups is 1. The number of aliphatic carboxylic acids is 1. The Morgan fingerprint density at radius 1 is 1.26 bits per heavy atom. The number of rotatable bonds is 11. The van der Waals surface area contributed by atoms with Crippen molar-refractivity contribution < 1.29 is 28.9 Å². The van der Waals surface area contributed by atoms with E-state index in [0.717, 1.165) is 40.3 Å². The van der Waals surface area contributed by atoms with E-state index in [0.29, 0.717) is 29.7 Å². The Balaban J connectivity index is 1.06. The summed E-state index contributed by atoms with van der Waals surface area (Å²) in [4.78, 5) is 54.6. The van der Waals surface area contributed by atoms with E-state index in [4.69, 9.17) is 16.3 Å². The lowest BCUT2D eigenvalue weighted by Gasteiger charge is -2.49. The zero-order valence-corrected chi connectivity index (χ0v) is 26.8. The van der Waals surface area contributed by atoms with Crippen molar-refractivity contribution in [2.75, 3.05) is 18.6 Å². The number of amides is 2. The minimum atomic E-state index is -1.21. The number of amidine groups is 1. The second-order valence-electron chi connectivity index (χ2n) is 10.9. The number of fused-ring (bicyclic) bond motifs is 2. The quantitative estimate of drug-likeness (QED) is 0.0582. The molecule has 0 unspecified atom stereocenters. The number of nitrogens with zero attached hydrogens (tertiary/aromatic N) is 7. The van der Waals surface area contributed by atoms with Gasteiger partial charge in [0, 0.05) is 27.0 Å². The zero-order chi connectivity index (χ0) is 32.1. The maximum atomic E-state index is 13.3. The Morgan fingerprint density at radius 2 is 2.09 bits per heavy atom. The molecule has 7 rings (SSSR count). The number of aromatic nitrogens is 4. The summed E-state index contributed by atoms with van der Waals surface area (Å²) >= 11 is 4.15. The number of nitrogens with one attached hydrogen (secondary N) is 1. The van der Waals surface area contributed by atoms with Crippen LogP contribution in [0, 0.1) is 0 Å². The lowest BCUT2D eigenvalue weighted by Crippen LogP contribution is -2.71. The van der Waals surface area contributed by atoms with Crippen LogP contribution < -0.4 is 21.4 Å². The number of nitrogen functional groups attached to an aromatic ring is 1. The summed E-state index contributed by atoms with van der Waals surface area (Å²) in [5, 5.41) is 19.8. The second-order valence-corrected chi connectivity index (χ2v) is 13.9. The molecule has 4 aromatic rings. The van der Waals surface area contributed by atoms with Gasteiger partial charge in [-0.25, -0.2) is 19.0 Å². The monoisotopic (exact) mass is 681 g/mol. The van der Waals surface area contributed by atoms with Crippen LogP contribution in [0.15, 0.2) is 62.9 Å². The molecule has 2 atom stereocenters. The van der Waals surface area contributed by atoms with Crippen LogP contribution in [0.1, 0.15) is 29.0 Å². The highest BCUT2D eigenvalue weighted by atomic mass is 32.2. The summed E-state index contributed by atoms with van der Waals surface area (Å²) in [5.41, 5.74) is 14.3. The van der Waals surface area contributed by atoms with E-state index in [1.807, 2.05) is 39.2 Å². The standard InChI is InChI=1S/C28H28N10O5S3/c1-43-34-20(18-13-46-28(30)32-18)24(39)33-21-25(40)38-22(27(41)42)15(12-45-26(21)38)9-36-5-4-19-35(6-7-37(19)36)10-17-8-14(11-44-17)23(29)31-16-2-3-16/h4-8,11,13,16,21,26H,2-3,9-10,12H2,1H3,(H5-,29,30,31,32,33,39,41,42)/p+1/b34-20-/t21-,26-/m1/s1. The van der Waals surface area contributed by atoms with Gasteiger partial charge in [-0.05, 0) is 24.5 Å². The Kier molecular flexibility index (Phi) is 7.77. The van der Waals surface area contributed by atoms with Crippen LogP contribution in [-0.2, 0) is 32.3 Å². The zero-order valence-electron chi connectivity index (χ0n) is 24.4. The Morgan fingerprint density at radius 3 is 2.80 bits per heavy atom. The van der Waals surface area contributed by atoms with Gasteiger partial charge in [-0.2, -0.15) is 0 Å². The number of β-lactam (4-membered cyclic amide) rings is 1. The molecule has 1 aliphatic carbocycles. The van der Waals surface area contributed by atoms with E-state index < -0.39 is 29.2 Å². The van der Waals surface area contributed by atoms with E-state index in [9.17, 15) is 19.5 Å². The molecular formula is C28H29N10O5S3+. The van der Waals surface area contributed by atoms with Gasteiger partial charge in [0.05, 0.1) is 24.8 Å². The summed E-state index contributed by atoms with van der Waals surface area (Å²) in [6.45, 7) is 0.901. The SMILES string of the molecule is CO/N=C(\C(=O)N[C@@H]1C(=O)N2C(C(=O)O)=C(Cn3ccc4n3cc[n+]4Cc3cc(C(N)=NC4CC4)cs3)CS[C@H]12)c1csc(N)n1. The molecule has 18 heteroatoms. The molecule has 0 radical (unpaired) electrons. The first-order chi connectivity index (χ1) is 22.2. The molecule has 2 fully saturated rings. The normalized spacial score (nSPS) is 20.2. The molecule has 46 heavy (non-hydrogen) atoms. The van der Waals surface area contributed by atoms with Crippen molar-refractivity contribution >= 4 is 74.5 Å². The number of imidazole rings is 1. The molecule has 0 bridgehead atoms. The molecule has 6 N–H and O–H groups in total. The van der Waals surface area contributed by atoms with E-state index in [1.54, 1.807) is 16.7 Å². The van der Waals surface area contributed by atoms with Crippen molar-refractivity contribution in [2.45, 2.75) is 43.4 Å². The van der Waals surface area contributed by atoms with Crippen LogP contribution in [0.3, 0.4) is 0 Å². The third-order valence-corrected chi connectivity index (χ3v) is 10.7. The molecule has 15 nitrogen and oxygen atoms in total. The molecule has 0 spiro atoms. The van der Waals surface area contributed by atoms with Crippen molar-refractivity contribution in [3.63, 3.8) is 0 Å². The topological polar surface area (TPSA) is 199 Å². The number of anilines is 1. The fraction of sp³-hybridized carbons (Fsp3) is 0.321. The van der Waals surface area contributed by atoms with Crippen molar-refractivity contribution in [1.82, 2.24) is 24.4 Å². The fourth-order valence-corrected chi connectivity index (χ4v) is 8.21. The number of hydrogen-bond donors (Lipinski definition) is 4. The number of oxime groups is 1. The predicted octanol–water partition coefficient (Wildman–Crippen LogP) is 0.834. The number of carbonyl (C=O) groups excluding carboxylic acids is 2. The van der Waals surface area contributed by atoms with E-state index in [-0.39, 0.29) is 28.8 Å². The molecule has 4 aromatic heterocycles. The van der Waals surface area contributed by atoms with E-state index in [1.165, 1.54) is 23.8 Å². The third-order valence-electron chi connectivity index (χ3n) is 7.78. The number of carboxylic acids is 1. The molecular weight excluding hydrogens is 653 g/mol. The highest BCUT2D eigenvalue weighted by molar-refractivity contribution is 8.00. The number of thioether (sulfide) groups is 1. The fourth-order valence-electron chi connectivity index (χ4n) is 5.45. The van der Waals surface area contributed by atoms with Crippen LogP contribution in [0.2, 0.25) is 0 Å².